The van der Waals surface area contributed by atoms with Gasteiger partial charge in [-0.25, -0.2) is 14.4 Å². The Morgan fingerprint density at radius 3 is 2.30 bits per heavy atom. The van der Waals surface area contributed by atoms with Crippen molar-refractivity contribution in [2.45, 2.75) is 45.6 Å². The fourth-order valence-corrected chi connectivity index (χ4v) is 4.35. The number of hydrogen-bond donors (Lipinski definition) is 1. The summed E-state index contributed by atoms with van der Waals surface area (Å²) in [5.74, 6) is -2.25. The van der Waals surface area contributed by atoms with Crippen LogP contribution in [0.3, 0.4) is 0 Å². The number of rotatable bonds is 18. The van der Waals surface area contributed by atoms with Crippen molar-refractivity contribution in [1.29, 1.82) is 0 Å². The van der Waals surface area contributed by atoms with Gasteiger partial charge in [-0.3, -0.25) is 33.0 Å². The van der Waals surface area contributed by atoms with E-state index in [1.165, 1.54) is 12.2 Å². The number of aryl methyl sites for hydroxylation is 1. The third-order valence-electron chi connectivity index (χ3n) is 5.18. The van der Waals surface area contributed by atoms with Crippen molar-refractivity contribution in [2.75, 3.05) is 38.4 Å². The summed E-state index contributed by atoms with van der Waals surface area (Å²) >= 11 is 0. The Labute approximate surface area is 231 Å². The lowest BCUT2D eigenvalue weighted by atomic mass is 10.1. The molecule has 1 heterocycles. The first-order valence-corrected chi connectivity index (χ1v) is 13.9. The zero-order valence-electron chi connectivity index (χ0n) is 22.5. The van der Waals surface area contributed by atoms with Gasteiger partial charge in [-0.1, -0.05) is 19.1 Å². The topological polar surface area (TPSA) is 173 Å². The number of nitrogens with zero attached hydrogens (tertiary/aromatic N) is 1. The van der Waals surface area contributed by atoms with Crippen LogP contribution >= 0.6 is 7.82 Å². The van der Waals surface area contributed by atoms with Crippen LogP contribution in [-0.4, -0.2) is 69.2 Å². The molecule has 14 nitrogen and oxygen atoms in total. The normalized spacial score (nSPS) is 15.0. The van der Waals surface area contributed by atoms with Crippen molar-refractivity contribution in [3.63, 3.8) is 0 Å². The number of phosphoric acid groups is 1. The number of esters is 2. The molecule has 3 amide bonds. The van der Waals surface area contributed by atoms with Gasteiger partial charge in [-0.15, -0.1) is 4.67 Å². The standard InChI is InChI=1S/C25H33N2O12P/c1-4-25(32)35-16-21(38-18(2)28)17-37-40(33,39-34-3)36-15-14-26-22(29)7-5-6-19-8-10-20(11-9-19)27-23(30)12-13-24(27)31/h8-13,21H,4-7,14-17H2,1-3H3,(H,26,29). The number of carbonyl (C=O) groups excluding carboxylic acids is 5. The summed E-state index contributed by atoms with van der Waals surface area (Å²) in [6.07, 6.45) is 2.81. The van der Waals surface area contributed by atoms with Crippen molar-refractivity contribution >= 4 is 43.2 Å². The van der Waals surface area contributed by atoms with Gasteiger partial charge in [0.05, 0.1) is 26.0 Å². The summed E-state index contributed by atoms with van der Waals surface area (Å²) in [6, 6.07) is 6.91. The molecule has 0 spiro atoms. The maximum Gasteiger partial charge on any atom is 0.502 e. The van der Waals surface area contributed by atoms with Crippen LogP contribution in [0.2, 0.25) is 0 Å². The number of anilines is 1. The number of carbonyl (C=O) groups is 5. The van der Waals surface area contributed by atoms with Gasteiger partial charge in [0.25, 0.3) is 11.8 Å². The zero-order valence-corrected chi connectivity index (χ0v) is 23.4. The molecular formula is C25H33N2O12P. The molecule has 2 rings (SSSR count). The quantitative estimate of drug-likeness (QED) is 0.0666. The molecule has 15 heteroatoms. The van der Waals surface area contributed by atoms with E-state index in [0.717, 1.165) is 24.5 Å². The van der Waals surface area contributed by atoms with Crippen LogP contribution < -0.4 is 10.2 Å². The molecule has 1 N–H and O–H groups in total. The molecule has 0 saturated carbocycles. The van der Waals surface area contributed by atoms with E-state index in [9.17, 15) is 28.5 Å². The van der Waals surface area contributed by atoms with Gasteiger partial charge >= 0.3 is 19.8 Å². The fourth-order valence-electron chi connectivity index (χ4n) is 3.34. The maximum absolute atomic E-state index is 12.7. The van der Waals surface area contributed by atoms with Gasteiger partial charge in [-0.2, -0.15) is 0 Å². The van der Waals surface area contributed by atoms with Gasteiger partial charge in [0.2, 0.25) is 5.91 Å². The Morgan fingerprint density at radius 1 is 1.02 bits per heavy atom. The van der Waals surface area contributed by atoms with Gasteiger partial charge in [0, 0.05) is 38.5 Å². The van der Waals surface area contributed by atoms with Crippen LogP contribution in [0.1, 0.15) is 38.7 Å². The monoisotopic (exact) mass is 584 g/mol. The van der Waals surface area contributed by atoms with Crippen LogP contribution in [0, 0.1) is 0 Å². The minimum absolute atomic E-state index is 0.0125. The van der Waals surface area contributed by atoms with Crippen molar-refractivity contribution in [3.8, 4) is 0 Å². The van der Waals surface area contributed by atoms with E-state index in [1.54, 1.807) is 31.2 Å². The highest BCUT2D eigenvalue weighted by molar-refractivity contribution is 7.48. The highest BCUT2D eigenvalue weighted by Crippen LogP contribution is 2.49. The molecule has 0 radical (unpaired) electrons. The van der Waals surface area contributed by atoms with E-state index in [-0.39, 0.29) is 38.5 Å². The average Bonchev–Trinajstić information content (AvgIpc) is 3.26. The van der Waals surface area contributed by atoms with Crippen molar-refractivity contribution in [2.24, 2.45) is 0 Å². The Balaban J connectivity index is 1.71. The average molecular weight is 585 g/mol. The maximum atomic E-state index is 12.7. The number of phosphoric ester groups is 1. The largest absolute Gasteiger partial charge is 0.502 e. The first-order chi connectivity index (χ1) is 19.1. The van der Waals surface area contributed by atoms with E-state index >= 15 is 0 Å². The van der Waals surface area contributed by atoms with E-state index in [2.05, 4.69) is 14.9 Å². The van der Waals surface area contributed by atoms with Gasteiger partial charge in [0.15, 0.2) is 6.10 Å². The molecule has 2 atom stereocenters. The molecule has 40 heavy (non-hydrogen) atoms. The summed E-state index contributed by atoms with van der Waals surface area (Å²) in [5.41, 5.74) is 1.40. The molecule has 220 valence electrons. The Morgan fingerprint density at radius 2 is 1.70 bits per heavy atom. The molecule has 1 aromatic rings. The molecule has 0 aliphatic carbocycles. The van der Waals surface area contributed by atoms with E-state index in [4.69, 9.17) is 18.5 Å². The summed E-state index contributed by atoms with van der Waals surface area (Å²) in [4.78, 5) is 63.8. The van der Waals surface area contributed by atoms with Crippen molar-refractivity contribution in [3.05, 3.63) is 42.0 Å². The van der Waals surface area contributed by atoms with E-state index < -0.39 is 44.3 Å². The van der Waals surface area contributed by atoms with Crippen LogP contribution in [0.15, 0.2) is 36.4 Å². The Hall–Kier alpha value is -3.42. The van der Waals surface area contributed by atoms with Gasteiger partial charge in [0.1, 0.15) is 6.61 Å². The molecule has 2 unspecified atom stereocenters. The zero-order chi connectivity index (χ0) is 29.5. The van der Waals surface area contributed by atoms with Crippen molar-refractivity contribution < 1.29 is 56.6 Å². The predicted octanol–water partition coefficient (Wildman–Crippen LogP) is 2.16. The van der Waals surface area contributed by atoms with Crippen LogP contribution in [0.25, 0.3) is 0 Å². The molecular weight excluding hydrogens is 551 g/mol. The smallest absolute Gasteiger partial charge is 0.462 e. The minimum atomic E-state index is -4.27. The number of ether oxygens (including phenoxy) is 2. The van der Waals surface area contributed by atoms with Crippen molar-refractivity contribution in [1.82, 2.24) is 5.32 Å². The molecule has 1 aliphatic rings. The summed E-state index contributed by atoms with van der Waals surface area (Å²) in [7, 11) is -3.18. The van der Waals surface area contributed by atoms with Crippen LogP contribution in [0.5, 0.6) is 0 Å². The minimum Gasteiger partial charge on any atom is -0.462 e. The van der Waals surface area contributed by atoms with Crippen LogP contribution in [0.4, 0.5) is 5.69 Å². The van der Waals surface area contributed by atoms with Crippen LogP contribution in [-0.2, 0) is 63.0 Å². The highest BCUT2D eigenvalue weighted by Gasteiger charge is 2.31. The molecule has 0 saturated heterocycles. The molecule has 0 fully saturated rings. The second-order valence-electron chi connectivity index (χ2n) is 8.30. The lowest BCUT2D eigenvalue weighted by Crippen LogP contribution is -2.29. The predicted molar refractivity (Wildman–Crippen MR) is 138 cm³/mol. The number of imide groups is 1. The summed E-state index contributed by atoms with van der Waals surface area (Å²) in [5, 5.41) is 2.62. The lowest BCUT2D eigenvalue weighted by molar-refractivity contribution is -0.203. The third-order valence-corrected chi connectivity index (χ3v) is 6.48. The highest BCUT2D eigenvalue weighted by atomic mass is 31.2. The number of amides is 3. The molecule has 1 aliphatic heterocycles. The SMILES string of the molecule is CCC(=O)OCC(COP(=O)(OCCNC(=O)CCCc1ccc(N2C(=O)C=CC2=O)cc1)OOC)OC(C)=O. The second kappa shape index (κ2) is 16.6. The van der Waals surface area contributed by atoms with E-state index in [1.807, 2.05) is 0 Å². The Kier molecular flexibility index (Phi) is 13.6. The fraction of sp³-hybridized carbons (Fsp3) is 0.480. The van der Waals surface area contributed by atoms with E-state index in [0.29, 0.717) is 18.5 Å². The lowest BCUT2D eigenvalue weighted by Gasteiger charge is -2.20. The first-order valence-electron chi connectivity index (χ1n) is 12.4. The second-order valence-corrected chi connectivity index (χ2v) is 9.86. The number of hydrogen-bond acceptors (Lipinski definition) is 12. The molecule has 0 aromatic heterocycles. The third kappa shape index (κ3) is 11.4. The molecule has 1 aromatic carbocycles. The Bertz CT molecular complexity index is 1100. The van der Waals surface area contributed by atoms with Gasteiger partial charge < -0.3 is 14.8 Å². The summed E-state index contributed by atoms with van der Waals surface area (Å²) < 4.78 is 37.5. The molecule has 0 bridgehead atoms. The van der Waals surface area contributed by atoms with Gasteiger partial charge in [-0.05, 0) is 30.5 Å². The number of benzene rings is 1. The summed E-state index contributed by atoms with van der Waals surface area (Å²) in [6.45, 7) is 1.67. The first kappa shape index (κ1) is 32.8. The number of nitrogens with one attached hydrogen (secondary N) is 1.